The molecular formula is C30H25F7N4OS. The number of fused-ring (bicyclic) bond motifs is 3. The van der Waals surface area contributed by atoms with Gasteiger partial charge in [0.1, 0.15) is 17.1 Å². The van der Waals surface area contributed by atoms with E-state index in [0.29, 0.717) is 54.0 Å². The highest BCUT2D eigenvalue weighted by Crippen LogP contribution is 2.52. The maximum Gasteiger partial charge on any atom is 0.420 e. The molecule has 0 bridgehead atoms. The largest absolute Gasteiger partial charge is 0.455 e. The van der Waals surface area contributed by atoms with Crippen molar-refractivity contribution in [2.24, 2.45) is 0 Å². The summed E-state index contributed by atoms with van der Waals surface area (Å²) in [5.41, 5.74) is -0.865. The summed E-state index contributed by atoms with van der Waals surface area (Å²) in [6.07, 6.45) is -2.87. The first kappa shape index (κ1) is 29.2. The van der Waals surface area contributed by atoms with Crippen molar-refractivity contribution in [2.75, 3.05) is 31.6 Å². The van der Waals surface area contributed by atoms with E-state index in [2.05, 4.69) is 15.5 Å². The summed E-state index contributed by atoms with van der Waals surface area (Å²) >= 11 is 1.05. The molecule has 0 amide bonds. The van der Waals surface area contributed by atoms with Gasteiger partial charge in [0.15, 0.2) is 5.75 Å². The Balaban J connectivity index is 1.43. The van der Waals surface area contributed by atoms with Gasteiger partial charge in [0, 0.05) is 58.8 Å². The molecule has 1 saturated heterocycles. The number of H-pyrrole nitrogens is 1. The molecule has 5 aromatic rings. The molecule has 0 aliphatic carbocycles. The Kier molecular flexibility index (Phi) is 7.49. The minimum Gasteiger partial charge on any atom is -0.455 e. The van der Waals surface area contributed by atoms with Gasteiger partial charge in [0.25, 0.3) is 5.92 Å². The first-order chi connectivity index (χ1) is 20.4. The van der Waals surface area contributed by atoms with Crippen LogP contribution >= 0.6 is 11.3 Å². The Morgan fingerprint density at radius 3 is 2.53 bits per heavy atom. The van der Waals surface area contributed by atoms with Gasteiger partial charge in [0.05, 0.1) is 29.3 Å². The Hall–Kier alpha value is -3.84. The van der Waals surface area contributed by atoms with E-state index in [1.807, 2.05) is 4.90 Å². The van der Waals surface area contributed by atoms with Gasteiger partial charge in [0.2, 0.25) is 0 Å². The lowest BCUT2D eigenvalue weighted by atomic mass is 10.00. The summed E-state index contributed by atoms with van der Waals surface area (Å²) in [5.74, 6) is -4.91. The van der Waals surface area contributed by atoms with Crippen LogP contribution in [-0.4, -0.2) is 47.4 Å². The zero-order valence-electron chi connectivity index (χ0n) is 22.7. The number of aromatic nitrogens is 2. The van der Waals surface area contributed by atoms with E-state index in [1.165, 1.54) is 24.4 Å². The number of halogens is 7. The smallest absolute Gasteiger partial charge is 0.420 e. The van der Waals surface area contributed by atoms with Gasteiger partial charge in [-0.25, -0.2) is 13.2 Å². The molecule has 0 unspecified atom stereocenters. The highest BCUT2D eigenvalue weighted by atomic mass is 32.1. The maximum absolute atomic E-state index is 14.7. The van der Waals surface area contributed by atoms with Crippen LogP contribution in [0.15, 0.2) is 54.7 Å². The second kappa shape index (κ2) is 11.0. The van der Waals surface area contributed by atoms with Crippen LogP contribution in [-0.2, 0) is 12.1 Å². The van der Waals surface area contributed by atoms with E-state index in [1.54, 1.807) is 12.1 Å². The molecule has 3 aromatic carbocycles. The molecule has 0 atom stereocenters. The van der Waals surface area contributed by atoms with E-state index >= 15 is 0 Å². The molecule has 13 heteroatoms. The topological polar surface area (TPSA) is 53.2 Å². The van der Waals surface area contributed by atoms with Gasteiger partial charge in [-0.2, -0.15) is 18.3 Å². The van der Waals surface area contributed by atoms with Crippen LogP contribution in [0.3, 0.4) is 0 Å². The SMILES string of the molecule is CC(F)(F)c1cc(F)ccc1-c1sc2c(ccc3[nH]ncc32)c1Oc1ccc(NC2CN(CCCF)C2)cc1C(F)(F)F. The van der Waals surface area contributed by atoms with Crippen LogP contribution in [0.4, 0.5) is 36.4 Å². The molecule has 5 nitrogen and oxygen atoms in total. The summed E-state index contributed by atoms with van der Waals surface area (Å²) in [6, 6.07) is 9.71. The van der Waals surface area contributed by atoms with Crippen molar-refractivity contribution in [1.29, 1.82) is 0 Å². The molecule has 0 spiro atoms. The highest BCUT2D eigenvalue weighted by Gasteiger charge is 2.37. The summed E-state index contributed by atoms with van der Waals surface area (Å²) in [7, 11) is 0. The molecular weight excluding hydrogens is 597 g/mol. The maximum atomic E-state index is 14.7. The number of aromatic amines is 1. The third-order valence-corrected chi connectivity index (χ3v) is 8.62. The van der Waals surface area contributed by atoms with Crippen molar-refractivity contribution in [3.8, 4) is 21.9 Å². The summed E-state index contributed by atoms with van der Waals surface area (Å²) in [6.45, 7) is 1.94. The monoisotopic (exact) mass is 622 g/mol. The molecule has 1 fully saturated rings. The molecule has 1 aliphatic heterocycles. The van der Waals surface area contributed by atoms with Crippen molar-refractivity contribution in [3.05, 3.63) is 71.7 Å². The number of nitrogens with zero attached hydrogens (tertiary/aromatic N) is 2. The van der Waals surface area contributed by atoms with Crippen LogP contribution < -0.4 is 10.1 Å². The van der Waals surface area contributed by atoms with Crippen LogP contribution in [0.1, 0.15) is 24.5 Å². The Bertz CT molecular complexity index is 1790. The van der Waals surface area contributed by atoms with Gasteiger partial charge in [-0.05, 0) is 48.9 Å². The van der Waals surface area contributed by atoms with Crippen molar-refractivity contribution in [3.63, 3.8) is 0 Å². The normalized spacial score (nSPS) is 14.9. The van der Waals surface area contributed by atoms with Gasteiger partial charge in [-0.1, -0.05) is 6.07 Å². The molecule has 2 aromatic heterocycles. The minimum atomic E-state index is -4.80. The van der Waals surface area contributed by atoms with Gasteiger partial charge < -0.3 is 10.1 Å². The number of rotatable bonds is 9. The zero-order chi connectivity index (χ0) is 30.5. The number of hydrogen-bond acceptors (Lipinski definition) is 5. The number of anilines is 1. The molecule has 6 rings (SSSR count). The summed E-state index contributed by atoms with van der Waals surface area (Å²) in [4.78, 5) is 2.13. The lowest BCUT2D eigenvalue weighted by molar-refractivity contribution is -0.138. The predicted octanol–water partition coefficient (Wildman–Crippen LogP) is 8.96. The third kappa shape index (κ3) is 5.75. The summed E-state index contributed by atoms with van der Waals surface area (Å²) < 4.78 is 106. The van der Waals surface area contributed by atoms with Gasteiger partial charge in [-0.15, -0.1) is 11.3 Å². The molecule has 43 heavy (non-hydrogen) atoms. The Morgan fingerprint density at radius 2 is 1.81 bits per heavy atom. The first-order valence-electron chi connectivity index (χ1n) is 13.4. The van der Waals surface area contributed by atoms with E-state index in [4.69, 9.17) is 4.74 Å². The highest BCUT2D eigenvalue weighted by molar-refractivity contribution is 7.23. The standard InChI is InChI=1S/C30H25F7N4OS/c1-29(33,34)22-11-16(32)3-5-19(22)28-26(20-6-7-24-21(13-38-40-24)27(20)43-28)42-25-8-4-17(12-23(25)30(35,36)37)39-18-14-41(15-18)10-2-9-31/h3-8,11-13,18,39H,2,9-10,14-15H2,1H3,(H,38,40). The number of alkyl halides is 6. The fraction of sp³-hybridized carbons (Fsp3) is 0.300. The third-order valence-electron chi connectivity index (χ3n) is 7.36. The quantitative estimate of drug-likeness (QED) is 0.161. The van der Waals surface area contributed by atoms with E-state index in [9.17, 15) is 30.7 Å². The number of ether oxygens (including phenoxy) is 1. The number of hydrogen-bond donors (Lipinski definition) is 2. The lowest BCUT2D eigenvalue weighted by Gasteiger charge is -2.40. The van der Waals surface area contributed by atoms with E-state index < -0.39 is 41.5 Å². The number of benzene rings is 3. The number of thiophene rings is 1. The number of nitrogens with one attached hydrogen (secondary N) is 2. The molecule has 0 radical (unpaired) electrons. The van der Waals surface area contributed by atoms with Crippen molar-refractivity contribution in [2.45, 2.75) is 31.5 Å². The molecule has 1 aliphatic rings. The van der Waals surface area contributed by atoms with E-state index in [-0.39, 0.29) is 27.9 Å². The average molecular weight is 623 g/mol. The minimum absolute atomic E-state index is 0.0594. The summed E-state index contributed by atoms with van der Waals surface area (Å²) in [5, 5.41) is 10.9. The predicted molar refractivity (Wildman–Crippen MR) is 152 cm³/mol. The Morgan fingerprint density at radius 1 is 1.02 bits per heavy atom. The van der Waals surface area contributed by atoms with E-state index in [0.717, 1.165) is 29.5 Å². The van der Waals surface area contributed by atoms with Crippen molar-refractivity contribution >= 4 is 38.0 Å². The molecule has 2 N–H and O–H groups in total. The fourth-order valence-electron chi connectivity index (χ4n) is 5.31. The second-order valence-corrected chi connectivity index (χ2v) is 11.6. The van der Waals surface area contributed by atoms with Crippen LogP contribution in [0.5, 0.6) is 11.5 Å². The first-order valence-corrected chi connectivity index (χ1v) is 14.2. The van der Waals surface area contributed by atoms with Crippen LogP contribution in [0.25, 0.3) is 31.4 Å². The van der Waals surface area contributed by atoms with Gasteiger partial charge >= 0.3 is 6.18 Å². The molecule has 3 heterocycles. The van der Waals surface area contributed by atoms with Crippen molar-refractivity contribution < 1.29 is 35.5 Å². The Labute approximate surface area is 245 Å². The number of likely N-dealkylation sites (tertiary alicyclic amines) is 1. The zero-order valence-corrected chi connectivity index (χ0v) is 23.5. The van der Waals surface area contributed by atoms with Crippen LogP contribution in [0, 0.1) is 5.82 Å². The lowest BCUT2D eigenvalue weighted by Crippen LogP contribution is -2.54. The second-order valence-electron chi connectivity index (χ2n) is 10.6. The molecule has 226 valence electrons. The van der Waals surface area contributed by atoms with Crippen LogP contribution in [0.2, 0.25) is 0 Å². The average Bonchev–Trinajstić information content (AvgIpc) is 3.54. The van der Waals surface area contributed by atoms with Crippen molar-refractivity contribution in [1.82, 2.24) is 15.1 Å². The fourth-order valence-corrected chi connectivity index (χ4v) is 6.59. The van der Waals surface area contributed by atoms with Gasteiger partial charge in [-0.3, -0.25) is 14.4 Å². The molecule has 0 saturated carbocycles.